The summed E-state index contributed by atoms with van der Waals surface area (Å²) in [5, 5.41) is 27.1. The fourth-order valence-electron chi connectivity index (χ4n) is 5.75. The summed E-state index contributed by atoms with van der Waals surface area (Å²) >= 11 is 8.06. The van der Waals surface area contributed by atoms with Gasteiger partial charge in [-0.1, -0.05) is 44.2 Å². The molecule has 0 spiro atoms. The number of hydrogen-bond donors (Lipinski definition) is 12. The van der Waals surface area contributed by atoms with Gasteiger partial charge in [-0.3, -0.25) is 38.4 Å². The summed E-state index contributed by atoms with van der Waals surface area (Å²) in [5.74, 6) is -7.66. The maximum atomic E-state index is 13.6. The third-order valence-corrected chi connectivity index (χ3v) is 9.66. The normalized spacial score (nSPS) is 16.0. The molecule has 0 aliphatic carbocycles. The number of nitrogens with one attached hydrogen (secondary N) is 8. The van der Waals surface area contributed by atoms with Crippen LogP contribution >= 0.6 is 25.3 Å². The highest BCUT2D eigenvalue weighted by atomic mass is 32.1. The third kappa shape index (κ3) is 13.2. The Morgan fingerprint density at radius 3 is 2.12 bits per heavy atom. The van der Waals surface area contributed by atoms with E-state index in [1.807, 2.05) is 18.2 Å². The van der Waals surface area contributed by atoms with Crippen LogP contribution in [0.4, 0.5) is 0 Å². The zero-order valence-electron chi connectivity index (χ0n) is 32.1. The van der Waals surface area contributed by atoms with E-state index in [9.17, 15) is 48.3 Å². The molecule has 11 N–H and O–H groups in total. The lowest BCUT2D eigenvalue weighted by Crippen LogP contribution is -2.58. The number of aromatic amines is 1. The monoisotopic (exact) mass is 846 g/mol. The summed E-state index contributed by atoms with van der Waals surface area (Å²) in [5.41, 5.74) is 6.82. The Kier molecular flexibility index (Phi) is 18.0. The first-order valence-electron chi connectivity index (χ1n) is 18.2. The van der Waals surface area contributed by atoms with Crippen LogP contribution in [0.5, 0.6) is 0 Å². The van der Waals surface area contributed by atoms with Gasteiger partial charge in [0, 0.05) is 41.6 Å². The molecule has 2 heterocycles. The van der Waals surface area contributed by atoms with Crippen LogP contribution in [-0.4, -0.2) is 142 Å². The number of amides is 8. The van der Waals surface area contributed by atoms with Crippen molar-refractivity contribution >= 4 is 89.4 Å². The van der Waals surface area contributed by atoms with Crippen molar-refractivity contribution in [2.45, 2.75) is 63.4 Å². The second-order valence-electron chi connectivity index (χ2n) is 13.6. The molecule has 0 fully saturated rings. The number of carboxylic acids is 1. The second kappa shape index (κ2) is 22.4. The van der Waals surface area contributed by atoms with Gasteiger partial charge >= 0.3 is 5.97 Å². The van der Waals surface area contributed by atoms with E-state index in [4.69, 9.17) is 5.73 Å². The lowest BCUT2D eigenvalue weighted by molar-refractivity contribution is -0.142. The molecule has 1 aromatic heterocycles. The van der Waals surface area contributed by atoms with Crippen molar-refractivity contribution in [3.05, 3.63) is 48.2 Å². The average molecular weight is 847 g/mol. The molecular formula is C36H50N10O10S2. The molecule has 58 heavy (non-hydrogen) atoms. The predicted octanol–water partition coefficient (Wildman–Crippen LogP) is -3.29. The molecule has 0 bridgehead atoms. The zero-order valence-corrected chi connectivity index (χ0v) is 33.9. The Bertz CT molecular complexity index is 1890. The van der Waals surface area contributed by atoms with Crippen molar-refractivity contribution in [3.8, 4) is 0 Å². The van der Waals surface area contributed by atoms with Gasteiger partial charge in [0.15, 0.2) is 0 Å². The summed E-state index contributed by atoms with van der Waals surface area (Å²) in [6.07, 6.45) is 4.74. The van der Waals surface area contributed by atoms with Crippen molar-refractivity contribution in [1.29, 1.82) is 0 Å². The molecular weight excluding hydrogens is 797 g/mol. The van der Waals surface area contributed by atoms with E-state index in [-0.39, 0.29) is 31.0 Å². The van der Waals surface area contributed by atoms with E-state index in [1.165, 1.54) is 17.9 Å². The van der Waals surface area contributed by atoms with Gasteiger partial charge in [0.1, 0.15) is 36.3 Å². The Morgan fingerprint density at radius 2 is 1.48 bits per heavy atom. The van der Waals surface area contributed by atoms with E-state index in [1.54, 1.807) is 32.2 Å². The standard InChI is InChI=1S/C36H50N10O10S2/c1-18(2)30(34(53)44-25(17-58)36(55)56)45-31(50)19(3)41-29(49)15-39-28(48)14-40-32(51)23(11-20-13-38-22-8-5-4-7-21(20)22)43-33(52)26-9-6-10-46(26)35(54)24(16-57)42-27(47)12-37/h4-9,13,18-19,23-26,30,38,57-58H,10-12,14-17,37H2,1-3H3,(H,39,48)(H,40,51)(H,41,49)(H,42,47)(H,43,52)(H,44,53)(H,45,50)(H,55,56)/t19-,23-,24-,25-,26-,30-/m0/s1. The molecule has 0 unspecified atom stereocenters. The number of rotatable bonds is 21. The summed E-state index contributed by atoms with van der Waals surface area (Å²) in [6.45, 7) is 3.12. The topological polar surface area (TPSA) is 303 Å². The number of hydrogen-bond acceptors (Lipinski definition) is 12. The molecule has 8 amide bonds. The highest BCUT2D eigenvalue weighted by molar-refractivity contribution is 7.80. The first kappa shape index (κ1) is 46.8. The number of benzene rings is 1. The fraction of sp³-hybridized carbons (Fsp3) is 0.472. The lowest BCUT2D eigenvalue weighted by Gasteiger charge is -2.29. The van der Waals surface area contributed by atoms with Crippen LogP contribution in [0.15, 0.2) is 42.6 Å². The highest BCUT2D eigenvalue weighted by Crippen LogP contribution is 2.20. The van der Waals surface area contributed by atoms with Gasteiger partial charge in [0.25, 0.3) is 0 Å². The smallest absolute Gasteiger partial charge is 0.327 e. The largest absolute Gasteiger partial charge is 0.480 e. The van der Waals surface area contributed by atoms with Crippen molar-refractivity contribution < 1.29 is 48.3 Å². The number of H-pyrrole nitrogens is 1. The van der Waals surface area contributed by atoms with Gasteiger partial charge in [-0.05, 0) is 24.5 Å². The minimum atomic E-state index is -1.30. The molecule has 0 radical (unpaired) electrons. The molecule has 1 aromatic carbocycles. The Hall–Kier alpha value is -5.61. The van der Waals surface area contributed by atoms with E-state index in [0.29, 0.717) is 5.56 Å². The maximum absolute atomic E-state index is 13.6. The highest BCUT2D eigenvalue weighted by Gasteiger charge is 2.36. The number of thiol groups is 2. The number of nitrogens with two attached hydrogens (primary N) is 1. The van der Waals surface area contributed by atoms with Crippen LogP contribution in [0.2, 0.25) is 0 Å². The molecule has 0 saturated heterocycles. The van der Waals surface area contributed by atoms with Gasteiger partial charge in [0.2, 0.25) is 47.3 Å². The van der Waals surface area contributed by atoms with Gasteiger partial charge in [-0.15, -0.1) is 0 Å². The first-order valence-corrected chi connectivity index (χ1v) is 19.5. The van der Waals surface area contributed by atoms with Gasteiger partial charge in [-0.2, -0.15) is 25.3 Å². The van der Waals surface area contributed by atoms with E-state index in [2.05, 4.69) is 67.5 Å². The van der Waals surface area contributed by atoms with Crippen LogP contribution in [-0.2, 0) is 49.6 Å². The fourth-order valence-corrected chi connectivity index (χ4v) is 6.25. The maximum Gasteiger partial charge on any atom is 0.327 e. The van der Waals surface area contributed by atoms with Crippen LogP contribution < -0.4 is 43.0 Å². The minimum absolute atomic E-state index is 0.0174. The summed E-state index contributed by atoms with van der Waals surface area (Å²) in [6, 6.07) is 0.283. The number of aromatic nitrogens is 1. The lowest BCUT2D eigenvalue weighted by atomic mass is 10.0. The summed E-state index contributed by atoms with van der Waals surface area (Å²) in [4.78, 5) is 119. The van der Waals surface area contributed by atoms with Crippen LogP contribution in [0.3, 0.4) is 0 Å². The van der Waals surface area contributed by atoms with E-state index < -0.39 is 108 Å². The third-order valence-electron chi connectivity index (χ3n) is 8.93. The Labute approximate surface area is 344 Å². The van der Waals surface area contributed by atoms with E-state index in [0.717, 1.165) is 10.9 Å². The molecule has 1 aliphatic heterocycles. The second-order valence-corrected chi connectivity index (χ2v) is 14.3. The van der Waals surface area contributed by atoms with Crippen LogP contribution in [0.1, 0.15) is 26.3 Å². The number of aliphatic carboxylic acids is 1. The van der Waals surface area contributed by atoms with Crippen LogP contribution in [0, 0.1) is 5.92 Å². The molecule has 1 aliphatic rings. The summed E-state index contributed by atoms with van der Waals surface area (Å²) in [7, 11) is 0. The molecule has 6 atom stereocenters. The van der Waals surface area contributed by atoms with Gasteiger partial charge in [-0.25, -0.2) is 4.79 Å². The quantitative estimate of drug-likeness (QED) is 0.0437. The number of carboxylic acid groups (broad SMARTS) is 1. The van der Waals surface area contributed by atoms with Gasteiger partial charge < -0.3 is 57.9 Å². The van der Waals surface area contributed by atoms with Crippen molar-refractivity contribution in [2.24, 2.45) is 11.7 Å². The van der Waals surface area contributed by atoms with Crippen LogP contribution in [0.25, 0.3) is 10.9 Å². The van der Waals surface area contributed by atoms with E-state index >= 15 is 0 Å². The number of nitrogens with zero attached hydrogens (tertiary/aromatic N) is 1. The number of carbonyl (C=O) groups excluding carboxylic acids is 8. The molecule has 316 valence electrons. The predicted molar refractivity (Wildman–Crippen MR) is 217 cm³/mol. The molecule has 22 heteroatoms. The number of fused-ring (bicyclic) bond motifs is 1. The Balaban J connectivity index is 1.61. The Morgan fingerprint density at radius 1 is 0.810 bits per heavy atom. The average Bonchev–Trinajstić information content (AvgIpc) is 3.86. The van der Waals surface area contributed by atoms with Crippen molar-refractivity contribution in [1.82, 2.24) is 47.1 Å². The van der Waals surface area contributed by atoms with Crippen molar-refractivity contribution in [3.63, 3.8) is 0 Å². The van der Waals surface area contributed by atoms with Gasteiger partial charge in [0.05, 0.1) is 19.6 Å². The first-order chi connectivity index (χ1) is 27.5. The minimum Gasteiger partial charge on any atom is -0.480 e. The molecule has 3 rings (SSSR count). The SMILES string of the molecule is CC(C)[C@H](NC(=O)[C@H](C)NC(=O)CNC(=O)CNC(=O)[C@H](Cc1c[nH]c2ccccc12)NC(=O)[C@@H]1C=CCN1C(=O)[C@H](CS)NC(=O)CN)C(=O)N[C@@H](CS)C(=O)O. The molecule has 20 nitrogen and oxygen atoms in total. The molecule has 0 saturated carbocycles. The zero-order chi connectivity index (χ0) is 43.1. The van der Waals surface area contributed by atoms with Crippen molar-refractivity contribution in [2.75, 3.05) is 37.7 Å². The number of carbonyl (C=O) groups is 9. The molecule has 2 aromatic rings. The summed E-state index contributed by atoms with van der Waals surface area (Å²) < 4.78 is 0. The number of para-hydroxylation sites is 1.